The quantitative estimate of drug-likeness (QED) is 0.662. The highest BCUT2D eigenvalue weighted by atomic mass is 35.5. The first-order valence-corrected chi connectivity index (χ1v) is 9.32. The van der Waals surface area contributed by atoms with Crippen LogP contribution in [-0.2, 0) is 0 Å². The van der Waals surface area contributed by atoms with Gasteiger partial charge in [0, 0.05) is 56.4 Å². The van der Waals surface area contributed by atoms with Crippen molar-refractivity contribution in [3.05, 3.63) is 72.3 Å². The molecule has 0 N–H and O–H groups in total. The van der Waals surface area contributed by atoms with Gasteiger partial charge in [-0.25, -0.2) is 14.6 Å². The highest BCUT2D eigenvalue weighted by Gasteiger charge is 2.16. The fraction of sp³-hybridized carbons (Fsp3) is 0.286. The van der Waals surface area contributed by atoms with Crippen LogP contribution in [-0.4, -0.2) is 57.4 Å². The molecule has 0 aliphatic carbocycles. The number of benzene rings is 1. The van der Waals surface area contributed by atoms with E-state index in [1.165, 1.54) is 5.69 Å². The summed E-state index contributed by atoms with van der Waals surface area (Å²) in [5.41, 5.74) is 3.47. The monoisotopic (exact) mass is 396 g/mol. The minimum atomic E-state index is 0. The van der Waals surface area contributed by atoms with Crippen molar-refractivity contribution < 1.29 is 0 Å². The molecule has 7 heteroatoms. The van der Waals surface area contributed by atoms with Crippen molar-refractivity contribution in [2.45, 2.75) is 6.92 Å². The summed E-state index contributed by atoms with van der Waals surface area (Å²) < 4.78 is 1.78. The first kappa shape index (κ1) is 20.0. The van der Waals surface area contributed by atoms with E-state index in [9.17, 15) is 0 Å². The summed E-state index contributed by atoms with van der Waals surface area (Å²) in [4.78, 5) is 13.5. The molecule has 3 aromatic rings. The number of hydrogen-bond acceptors (Lipinski definition) is 5. The minimum Gasteiger partial charge on any atom is -0.369 e. The van der Waals surface area contributed by atoms with E-state index in [0.29, 0.717) is 5.95 Å². The number of para-hydroxylation sites is 1. The van der Waals surface area contributed by atoms with E-state index in [2.05, 4.69) is 67.4 Å². The van der Waals surface area contributed by atoms with Gasteiger partial charge in [0.1, 0.15) is 0 Å². The standard InChI is InChI=1S/C21H24N6.ClH/c1-18-19(17-24-27(18)21-22-10-6-11-23-21)7-5-12-25-13-15-26(16-14-25)20-8-3-2-4-9-20;/h2-11,17H,12-16H2,1H3;1H/b7-5+;. The third kappa shape index (κ3) is 4.58. The maximum Gasteiger partial charge on any atom is 0.250 e. The van der Waals surface area contributed by atoms with Crippen LogP contribution < -0.4 is 4.90 Å². The summed E-state index contributed by atoms with van der Waals surface area (Å²) in [6.45, 7) is 7.29. The molecule has 0 saturated carbocycles. The highest BCUT2D eigenvalue weighted by molar-refractivity contribution is 5.85. The first-order valence-electron chi connectivity index (χ1n) is 9.32. The molecule has 4 rings (SSSR count). The average Bonchev–Trinajstić information content (AvgIpc) is 3.10. The van der Waals surface area contributed by atoms with Gasteiger partial charge >= 0.3 is 0 Å². The maximum absolute atomic E-state index is 4.42. The predicted molar refractivity (Wildman–Crippen MR) is 115 cm³/mol. The van der Waals surface area contributed by atoms with Crippen LogP contribution in [0, 0.1) is 6.92 Å². The number of halogens is 1. The number of nitrogens with zero attached hydrogens (tertiary/aromatic N) is 6. The van der Waals surface area contributed by atoms with Crippen molar-refractivity contribution in [1.82, 2.24) is 24.6 Å². The van der Waals surface area contributed by atoms with Crippen LogP contribution in [0.2, 0.25) is 0 Å². The van der Waals surface area contributed by atoms with Gasteiger partial charge in [-0.1, -0.05) is 30.4 Å². The van der Waals surface area contributed by atoms with Crippen molar-refractivity contribution in [2.24, 2.45) is 0 Å². The summed E-state index contributed by atoms with van der Waals surface area (Å²) in [6, 6.07) is 12.5. The molecule has 146 valence electrons. The molecule has 1 aliphatic rings. The molecule has 2 aromatic heterocycles. The summed E-state index contributed by atoms with van der Waals surface area (Å²) in [5, 5.41) is 4.42. The number of aromatic nitrogens is 4. The highest BCUT2D eigenvalue weighted by Crippen LogP contribution is 2.16. The third-order valence-corrected chi connectivity index (χ3v) is 4.94. The molecular weight excluding hydrogens is 372 g/mol. The molecule has 0 radical (unpaired) electrons. The van der Waals surface area contributed by atoms with Gasteiger partial charge in [0.2, 0.25) is 0 Å². The SMILES string of the molecule is Cc1c(/C=C/CN2CCN(c3ccccc3)CC2)cnn1-c1ncccn1.Cl. The lowest BCUT2D eigenvalue weighted by Crippen LogP contribution is -2.46. The molecule has 1 saturated heterocycles. The Kier molecular flexibility index (Phi) is 6.79. The van der Waals surface area contributed by atoms with Crippen LogP contribution >= 0.6 is 12.4 Å². The third-order valence-electron chi connectivity index (χ3n) is 4.94. The lowest BCUT2D eigenvalue weighted by atomic mass is 10.2. The average molecular weight is 397 g/mol. The molecule has 0 unspecified atom stereocenters. The number of piperazine rings is 1. The fourth-order valence-electron chi connectivity index (χ4n) is 3.34. The van der Waals surface area contributed by atoms with Crippen LogP contribution in [0.4, 0.5) is 5.69 Å². The molecule has 6 nitrogen and oxygen atoms in total. The van der Waals surface area contributed by atoms with Crippen molar-refractivity contribution in [3.8, 4) is 5.95 Å². The van der Waals surface area contributed by atoms with E-state index in [1.54, 1.807) is 23.1 Å². The zero-order chi connectivity index (χ0) is 18.5. The molecule has 0 amide bonds. The Bertz CT molecular complexity index is 886. The van der Waals surface area contributed by atoms with Gasteiger partial charge in [-0.3, -0.25) is 4.90 Å². The molecule has 1 aliphatic heterocycles. The Hall–Kier alpha value is -2.70. The Morgan fingerprint density at radius 3 is 2.39 bits per heavy atom. The first-order chi connectivity index (χ1) is 13.3. The Labute approximate surface area is 171 Å². The second kappa shape index (κ2) is 9.48. The van der Waals surface area contributed by atoms with Crippen LogP contribution in [0.15, 0.2) is 61.1 Å². The number of hydrogen-bond donors (Lipinski definition) is 0. The van der Waals surface area contributed by atoms with E-state index in [-0.39, 0.29) is 12.4 Å². The second-order valence-corrected chi connectivity index (χ2v) is 6.67. The van der Waals surface area contributed by atoms with Crippen LogP contribution in [0.5, 0.6) is 0 Å². The van der Waals surface area contributed by atoms with Gasteiger partial charge in [-0.2, -0.15) is 5.10 Å². The number of rotatable bonds is 5. The minimum absolute atomic E-state index is 0. The van der Waals surface area contributed by atoms with E-state index < -0.39 is 0 Å². The van der Waals surface area contributed by atoms with E-state index >= 15 is 0 Å². The summed E-state index contributed by atoms with van der Waals surface area (Å²) in [5.74, 6) is 0.603. The van der Waals surface area contributed by atoms with E-state index in [4.69, 9.17) is 0 Å². The van der Waals surface area contributed by atoms with E-state index in [1.807, 2.05) is 13.1 Å². The lowest BCUT2D eigenvalue weighted by Gasteiger charge is -2.35. The van der Waals surface area contributed by atoms with Crippen LogP contribution in [0.25, 0.3) is 12.0 Å². The zero-order valence-corrected chi connectivity index (χ0v) is 16.8. The molecule has 0 spiro atoms. The van der Waals surface area contributed by atoms with Gasteiger partial charge in [0.25, 0.3) is 5.95 Å². The Morgan fingerprint density at radius 1 is 0.964 bits per heavy atom. The van der Waals surface area contributed by atoms with Crippen molar-refractivity contribution in [2.75, 3.05) is 37.6 Å². The Morgan fingerprint density at radius 2 is 1.68 bits per heavy atom. The van der Waals surface area contributed by atoms with Crippen LogP contribution in [0.3, 0.4) is 0 Å². The second-order valence-electron chi connectivity index (χ2n) is 6.67. The normalized spacial score (nSPS) is 15.0. The molecule has 0 atom stereocenters. The summed E-state index contributed by atoms with van der Waals surface area (Å²) in [7, 11) is 0. The predicted octanol–water partition coefficient (Wildman–Crippen LogP) is 3.23. The zero-order valence-electron chi connectivity index (χ0n) is 16.0. The lowest BCUT2D eigenvalue weighted by molar-refractivity contribution is 0.284. The van der Waals surface area contributed by atoms with Gasteiger partial charge in [-0.05, 0) is 25.1 Å². The fourth-order valence-corrected chi connectivity index (χ4v) is 3.34. The molecule has 28 heavy (non-hydrogen) atoms. The Balaban J connectivity index is 0.00000225. The topological polar surface area (TPSA) is 50.1 Å². The van der Waals surface area contributed by atoms with Crippen molar-refractivity contribution >= 4 is 24.2 Å². The van der Waals surface area contributed by atoms with Gasteiger partial charge in [0.15, 0.2) is 0 Å². The van der Waals surface area contributed by atoms with Gasteiger partial charge in [0.05, 0.1) is 11.9 Å². The molecule has 1 fully saturated rings. The van der Waals surface area contributed by atoms with Crippen LogP contribution in [0.1, 0.15) is 11.3 Å². The van der Waals surface area contributed by atoms with Crippen molar-refractivity contribution in [3.63, 3.8) is 0 Å². The van der Waals surface area contributed by atoms with Gasteiger partial charge < -0.3 is 4.90 Å². The van der Waals surface area contributed by atoms with E-state index in [0.717, 1.165) is 44.0 Å². The largest absolute Gasteiger partial charge is 0.369 e. The van der Waals surface area contributed by atoms with Crippen molar-refractivity contribution in [1.29, 1.82) is 0 Å². The smallest absolute Gasteiger partial charge is 0.250 e. The summed E-state index contributed by atoms with van der Waals surface area (Å²) >= 11 is 0. The number of anilines is 1. The molecule has 0 bridgehead atoms. The molecular formula is C21H25ClN6. The summed E-state index contributed by atoms with van der Waals surface area (Å²) in [6.07, 6.45) is 9.70. The molecule has 3 heterocycles. The van der Waals surface area contributed by atoms with Gasteiger partial charge in [-0.15, -0.1) is 12.4 Å². The maximum atomic E-state index is 4.42. The molecule has 1 aromatic carbocycles.